The standard InChI is InChI=1S/C8H8BrClN2O/c1-4-6(9)3-11-8(10)7(4)12-5(2)13/h3H,1-2H3,(H,12,13). The van der Waals surface area contributed by atoms with E-state index >= 15 is 0 Å². The van der Waals surface area contributed by atoms with Crippen LogP contribution in [0.1, 0.15) is 12.5 Å². The Morgan fingerprint density at radius 1 is 1.69 bits per heavy atom. The summed E-state index contributed by atoms with van der Waals surface area (Å²) in [5.41, 5.74) is 1.43. The second-order valence-corrected chi connectivity index (χ2v) is 3.79. The zero-order valence-corrected chi connectivity index (χ0v) is 9.53. The van der Waals surface area contributed by atoms with Crippen molar-refractivity contribution < 1.29 is 4.79 Å². The molecule has 0 aliphatic rings. The van der Waals surface area contributed by atoms with Crippen LogP contribution in [0.2, 0.25) is 5.15 Å². The fourth-order valence-corrected chi connectivity index (χ4v) is 1.41. The van der Waals surface area contributed by atoms with Crippen molar-refractivity contribution in [3.05, 3.63) is 21.4 Å². The minimum absolute atomic E-state index is 0.162. The first-order valence-corrected chi connectivity index (χ1v) is 4.77. The van der Waals surface area contributed by atoms with Crippen LogP contribution in [-0.2, 0) is 4.79 Å². The third-order valence-electron chi connectivity index (χ3n) is 1.53. The Kier molecular flexibility index (Phi) is 3.27. The molecule has 1 N–H and O–H groups in total. The van der Waals surface area contributed by atoms with Crippen molar-refractivity contribution in [3.8, 4) is 0 Å². The molecule has 0 unspecified atom stereocenters. The molecule has 0 atom stereocenters. The van der Waals surface area contributed by atoms with Crippen LogP contribution in [0.4, 0.5) is 5.69 Å². The van der Waals surface area contributed by atoms with E-state index in [9.17, 15) is 4.79 Å². The maximum absolute atomic E-state index is 10.8. The maximum atomic E-state index is 10.8. The first-order valence-electron chi connectivity index (χ1n) is 3.60. The van der Waals surface area contributed by atoms with Crippen LogP contribution < -0.4 is 5.32 Å². The van der Waals surface area contributed by atoms with Gasteiger partial charge in [0.25, 0.3) is 0 Å². The third kappa shape index (κ3) is 2.42. The lowest BCUT2D eigenvalue weighted by Gasteiger charge is -2.08. The van der Waals surface area contributed by atoms with E-state index in [1.54, 1.807) is 6.20 Å². The van der Waals surface area contributed by atoms with Crippen LogP contribution in [0.15, 0.2) is 10.7 Å². The molecule has 0 bridgehead atoms. The zero-order chi connectivity index (χ0) is 10.0. The number of anilines is 1. The van der Waals surface area contributed by atoms with Gasteiger partial charge in [-0.25, -0.2) is 4.98 Å². The molecule has 1 rings (SSSR count). The summed E-state index contributed by atoms with van der Waals surface area (Å²) in [4.78, 5) is 14.7. The molecule has 1 aromatic rings. The Balaban J connectivity index is 3.17. The monoisotopic (exact) mass is 262 g/mol. The quantitative estimate of drug-likeness (QED) is 0.792. The van der Waals surface area contributed by atoms with Crippen molar-refractivity contribution in [2.24, 2.45) is 0 Å². The predicted molar refractivity (Wildman–Crippen MR) is 56.0 cm³/mol. The highest BCUT2D eigenvalue weighted by Gasteiger charge is 2.09. The fourth-order valence-electron chi connectivity index (χ4n) is 0.870. The minimum Gasteiger partial charge on any atom is -0.323 e. The van der Waals surface area contributed by atoms with Crippen molar-refractivity contribution in [2.75, 3.05) is 5.32 Å². The molecule has 3 nitrogen and oxygen atoms in total. The van der Waals surface area contributed by atoms with Gasteiger partial charge < -0.3 is 5.32 Å². The van der Waals surface area contributed by atoms with E-state index in [-0.39, 0.29) is 5.91 Å². The molecule has 1 aromatic heterocycles. The molecule has 0 aliphatic carbocycles. The van der Waals surface area contributed by atoms with Gasteiger partial charge in [0.1, 0.15) is 0 Å². The SMILES string of the molecule is CC(=O)Nc1c(Cl)ncc(Br)c1C. The predicted octanol–water partition coefficient (Wildman–Crippen LogP) is 2.76. The summed E-state index contributed by atoms with van der Waals surface area (Å²) in [5.74, 6) is -0.162. The van der Waals surface area contributed by atoms with Gasteiger partial charge >= 0.3 is 0 Å². The molecule has 0 aromatic carbocycles. The number of pyridine rings is 1. The number of hydrogen-bond donors (Lipinski definition) is 1. The van der Waals surface area contributed by atoms with Gasteiger partial charge in [0, 0.05) is 17.6 Å². The normalized spacial score (nSPS) is 9.85. The second kappa shape index (κ2) is 4.07. The van der Waals surface area contributed by atoms with Gasteiger partial charge in [-0.2, -0.15) is 0 Å². The van der Waals surface area contributed by atoms with Gasteiger partial charge in [-0.15, -0.1) is 0 Å². The third-order valence-corrected chi connectivity index (χ3v) is 2.62. The molecule has 0 aliphatic heterocycles. The number of carbonyl (C=O) groups is 1. The highest BCUT2D eigenvalue weighted by Crippen LogP contribution is 2.28. The van der Waals surface area contributed by atoms with Crippen molar-refractivity contribution in [3.63, 3.8) is 0 Å². The summed E-state index contributed by atoms with van der Waals surface area (Å²) in [6.07, 6.45) is 1.60. The van der Waals surface area contributed by atoms with Crippen molar-refractivity contribution in [1.29, 1.82) is 0 Å². The average Bonchev–Trinajstić information content (AvgIpc) is 2.05. The Bertz CT molecular complexity index is 354. The van der Waals surface area contributed by atoms with E-state index in [1.807, 2.05) is 6.92 Å². The van der Waals surface area contributed by atoms with E-state index in [0.29, 0.717) is 10.8 Å². The van der Waals surface area contributed by atoms with Crippen molar-refractivity contribution in [1.82, 2.24) is 4.98 Å². The van der Waals surface area contributed by atoms with E-state index < -0.39 is 0 Å². The molecule has 0 radical (unpaired) electrons. The van der Waals surface area contributed by atoms with Gasteiger partial charge in [0.15, 0.2) is 5.15 Å². The Morgan fingerprint density at radius 2 is 2.31 bits per heavy atom. The van der Waals surface area contributed by atoms with E-state index in [0.717, 1.165) is 10.0 Å². The molecule has 70 valence electrons. The number of rotatable bonds is 1. The highest BCUT2D eigenvalue weighted by molar-refractivity contribution is 9.10. The van der Waals surface area contributed by atoms with E-state index in [2.05, 4.69) is 26.2 Å². The number of nitrogens with one attached hydrogen (secondary N) is 1. The lowest BCUT2D eigenvalue weighted by Crippen LogP contribution is -2.08. The summed E-state index contributed by atoms with van der Waals surface area (Å²) in [7, 11) is 0. The summed E-state index contributed by atoms with van der Waals surface area (Å²) >= 11 is 9.10. The zero-order valence-electron chi connectivity index (χ0n) is 7.19. The first kappa shape index (κ1) is 10.5. The second-order valence-electron chi connectivity index (χ2n) is 2.58. The topological polar surface area (TPSA) is 42.0 Å². The first-order chi connectivity index (χ1) is 6.02. The largest absolute Gasteiger partial charge is 0.323 e. The molecule has 0 spiro atoms. The van der Waals surface area contributed by atoms with Gasteiger partial charge in [-0.3, -0.25) is 4.79 Å². The summed E-state index contributed by atoms with van der Waals surface area (Å²) in [5, 5.41) is 2.92. The van der Waals surface area contributed by atoms with Gasteiger partial charge in [-0.05, 0) is 28.4 Å². The number of hydrogen-bond acceptors (Lipinski definition) is 2. The fraction of sp³-hybridized carbons (Fsp3) is 0.250. The lowest BCUT2D eigenvalue weighted by atomic mass is 10.2. The number of nitrogens with zero attached hydrogens (tertiary/aromatic N) is 1. The van der Waals surface area contributed by atoms with Crippen LogP contribution in [0.5, 0.6) is 0 Å². The number of carbonyl (C=O) groups excluding carboxylic acids is 1. The minimum atomic E-state index is -0.162. The van der Waals surface area contributed by atoms with Crippen LogP contribution in [0.3, 0.4) is 0 Å². The van der Waals surface area contributed by atoms with E-state index in [4.69, 9.17) is 11.6 Å². The molecule has 1 amide bonds. The summed E-state index contributed by atoms with van der Waals surface area (Å²) < 4.78 is 0.820. The lowest BCUT2D eigenvalue weighted by molar-refractivity contribution is -0.114. The van der Waals surface area contributed by atoms with Crippen molar-refractivity contribution >= 4 is 39.1 Å². The molecular formula is C8H8BrClN2O. The maximum Gasteiger partial charge on any atom is 0.221 e. The van der Waals surface area contributed by atoms with Gasteiger partial charge in [-0.1, -0.05) is 11.6 Å². The van der Waals surface area contributed by atoms with Gasteiger partial charge in [0.2, 0.25) is 5.91 Å². The molecule has 0 saturated heterocycles. The summed E-state index contributed by atoms with van der Waals surface area (Å²) in [6.45, 7) is 3.28. The van der Waals surface area contributed by atoms with Crippen LogP contribution >= 0.6 is 27.5 Å². The Morgan fingerprint density at radius 3 is 2.85 bits per heavy atom. The smallest absolute Gasteiger partial charge is 0.221 e. The molecule has 5 heteroatoms. The molecule has 0 saturated carbocycles. The molecule has 1 heterocycles. The Labute approximate surface area is 89.6 Å². The van der Waals surface area contributed by atoms with Crippen LogP contribution in [0.25, 0.3) is 0 Å². The van der Waals surface area contributed by atoms with Crippen molar-refractivity contribution in [2.45, 2.75) is 13.8 Å². The van der Waals surface area contributed by atoms with Crippen LogP contribution in [-0.4, -0.2) is 10.9 Å². The Hall–Kier alpha value is -0.610. The van der Waals surface area contributed by atoms with Crippen LogP contribution in [0, 0.1) is 6.92 Å². The molecule has 0 fully saturated rings. The molecular weight excluding hydrogens is 255 g/mol. The summed E-state index contributed by atoms with van der Waals surface area (Å²) in [6, 6.07) is 0. The number of aromatic nitrogens is 1. The number of amides is 1. The number of halogens is 2. The average molecular weight is 264 g/mol. The van der Waals surface area contributed by atoms with Gasteiger partial charge in [0.05, 0.1) is 5.69 Å². The highest BCUT2D eigenvalue weighted by atomic mass is 79.9. The molecule has 13 heavy (non-hydrogen) atoms. The van der Waals surface area contributed by atoms with E-state index in [1.165, 1.54) is 6.92 Å².